The lowest BCUT2D eigenvalue weighted by atomic mass is 10.1. The molecule has 1 saturated heterocycles. The number of carbonyl (C=O) groups excluding carboxylic acids is 2. The van der Waals surface area contributed by atoms with Crippen LogP contribution in [0.5, 0.6) is 0 Å². The van der Waals surface area contributed by atoms with Crippen LogP contribution in [-0.2, 0) is 20.6 Å². The number of thiazole rings is 1. The molecule has 2 amide bonds. The number of nitrogens with one attached hydrogen (secondary N) is 1. The van der Waals surface area contributed by atoms with Crippen molar-refractivity contribution in [2.24, 2.45) is 0 Å². The van der Waals surface area contributed by atoms with E-state index in [1.807, 2.05) is 42.5 Å². The lowest BCUT2D eigenvalue weighted by molar-refractivity contribution is 0.130. The number of amides is 2. The highest BCUT2D eigenvalue weighted by molar-refractivity contribution is 7.79. The van der Waals surface area contributed by atoms with Gasteiger partial charge in [-0.3, -0.25) is 10.2 Å². The number of nitrogens with zero attached hydrogens (tertiary/aromatic N) is 2. The molecule has 1 aliphatic heterocycles. The summed E-state index contributed by atoms with van der Waals surface area (Å²) in [7, 11) is 0. The van der Waals surface area contributed by atoms with E-state index in [1.54, 1.807) is 44.3 Å². The average molecular weight is 564 g/mol. The fourth-order valence-electron chi connectivity index (χ4n) is 4.13. The topological polar surface area (TPSA) is 118 Å². The van der Waals surface area contributed by atoms with Crippen LogP contribution in [0.3, 0.4) is 0 Å². The Hall–Kier alpha value is -4.06. The van der Waals surface area contributed by atoms with E-state index < -0.39 is 29.4 Å². The molecular formula is C28H25N3O6S2. The van der Waals surface area contributed by atoms with Gasteiger partial charge < -0.3 is 14.0 Å². The number of hydrogen-bond acceptors (Lipinski definition) is 7. The molecular weight excluding hydrogens is 538 g/mol. The van der Waals surface area contributed by atoms with Gasteiger partial charge in [0.25, 0.3) is 0 Å². The van der Waals surface area contributed by atoms with Crippen LogP contribution in [0, 0.1) is 0 Å². The van der Waals surface area contributed by atoms with Crippen molar-refractivity contribution in [2.75, 3.05) is 16.8 Å². The van der Waals surface area contributed by atoms with Crippen LogP contribution in [-0.4, -0.2) is 38.6 Å². The molecule has 9 nitrogen and oxygen atoms in total. The number of hydrogen-bond donors (Lipinski definition) is 2. The van der Waals surface area contributed by atoms with Crippen LogP contribution < -0.4 is 10.2 Å². The van der Waals surface area contributed by atoms with Gasteiger partial charge in [0.05, 0.1) is 22.4 Å². The van der Waals surface area contributed by atoms with E-state index in [2.05, 4.69) is 10.3 Å². The Morgan fingerprint density at radius 1 is 1.15 bits per heavy atom. The lowest BCUT2D eigenvalue weighted by Crippen LogP contribution is -2.23. The van der Waals surface area contributed by atoms with Gasteiger partial charge in [0.1, 0.15) is 11.1 Å². The standard InChI is InChI=1S/C28H25N3O6S2/c1-17(2)36-27(32)30-20-10-8-19(9-11-20)26-29-15-24(38-26)22-13-12-21(14-25(22)39(34)35)31-16-23(37-28(31)33)18-6-4-3-5-7-18/h3-15,17,23H,16H2,1-2H3,(H,30,32)(H,34,35). The van der Waals surface area contributed by atoms with Crippen molar-refractivity contribution >= 4 is 46.0 Å². The fraction of sp³-hybridized carbons (Fsp3) is 0.179. The summed E-state index contributed by atoms with van der Waals surface area (Å²) in [5.41, 5.74) is 3.31. The number of anilines is 2. The first-order chi connectivity index (χ1) is 18.8. The van der Waals surface area contributed by atoms with Crippen LogP contribution in [0.25, 0.3) is 21.0 Å². The summed E-state index contributed by atoms with van der Waals surface area (Å²) >= 11 is -0.947. The fourth-order valence-corrected chi connectivity index (χ4v) is 5.74. The van der Waals surface area contributed by atoms with Gasteiger partial charge in [0, 0.05) is 28.7 Å². The maximum absolute atomic E-state index is 12.6. The Bertz CT molecular complexity index is 1520. The smallest absolute Gasteiger partial charge is 0.415 e. The summed E-state index contributed by atoms with van der Waals surface area (Å²) in [5, 5.41) is 3.37. The minimum atomic E-state index is -2.31. The summed E-state index contributed by atoms with van der Waals surface area (Å²) in [6.07, 6.45) is -0.0389. The van der Waals surface area contributed by atoms with Crippen molar-refractivity contribution in [1.82, 2.24) is 4.98 Å². The van der Waals surface area contributed by atoms with Crippen LogP contribution in [0.1, 0.15) is 25.5 Å². The molecule has 1 aromatic heterocycles. The Kier molecular flexibility index (Phi) is 7.73. The zero-order valence-corrected chi connectivity index (χ0v) is 22.7. The van der Waals surface area contributed by atoms with E-state index in [4.69, 9.17) is 9.47 Å². The molecule has 0 bridgehead atoms. The molecule has 1 fully saturated rings. The predicted molar refractivity (Wildman–Crippen MR) is 150 cm³/mol. The van der Waals surface area contributed by atoms with Crippen molar-refractivity contribution < 1.29 is 27.8 Å². The average Bonchev–Trinajstić information content (AvgIpc) is 3.56. The minimum Gasteiger partial charge on any atom is -0.447 e. The first-order valence-corrected chi connectivity index (χ1v) is 14.0. The van der Waals surface area contributed by atoms with Gasteiger partial charge in [-0.05, 0) is 55.8 Å². The van der Waals surface area contributed by atoms with Crippen LogP contribution in [0.4, 0.5) is 21.0 Å². The van der Waals surface area contributed by atoms with E-state index in [0.29, 0.717) is 33.4 Å². The Balaban J connectivity index is 1.35. The first kappa shape index (κ1) is 26.5. The minimum absolute atomic E-state index is 0.168. The first-order valence-electron chi connectivity index (χ1n) is 12.1. The highest BCUT2D eigenvalue weighted by atomic mass is 32.2. The van der Waals surface area contributed by atoms with E-state index >= 15 is 0 Å². The van der Waals surface area contributed by atoms with Crippen molar-refractivity contribution in [3.05, 3.63) is 84.6 Å². The van der Waals surface area contributed by atoms with Gasteiger partial charge in [-0.2, -0.15) is 0 Å². The second-order valence-corrected chi connectivity index (χ2v) is 11.0. The van der Waals surface area contributed by atoms with Crippen molar-refractivity contribution in [1.29, 1.82) is 0 Å². The largest absolute Gasteiger partial charge is 0.447 e. The molecule has 2 unspecified atom stereocenters. The van der Waals surface area contributed by atoms with E-state index in [9.17, 15) is 18.4 Å². The Morgan fingerprint density at radius 3 is 2.59 bits per heavy atom. The number of rotatable bonds is 7. The summed E-state index contributed by atoms with van der Waals surface area (Å²) in [6.45, 7) is 3.84. The number of benzene rings is 3. The molecule has 3 aromatic carbocycles. The zero-order chi connectivity index (χ0) is 27.5. The third-order valence-corrected chi connectivity index (χ3v) is 7.73. The highest BCUT2D eigenvalue weighted by Gasteiger charge is 2.34. The van der Waals surface area contributed by atoms with Gasteiger partial charge in [0.15, 0.2) is 11.1 Å². The highest BCUT2D eigenvalue weighted by Crippen LogP contribution is 2.38. The number of carbonyl (C=O) groups is 2. The molecule has 11 heteroatoms. The molecule has 2 N–H and O–H groups in total. The second-order valence-electron chi connectivity index (χ2n) is 9.01. The molecule has 39 heavy (non-hydrogen) atoms. The monoisotopic (exact) mass is 563 g/mol. The van der Waals surface area contributed by atoms with Gasteiger partial charge in [-0.25, -0.2) is 18.8 Å². The predicted octanol–water partition coefficient (Wildman–Crippen LogP) is 6.71. The molecule has 5 rings (SSSR count). The molecule has 0 saturated carbocycles. The third kappa shape index (κ3) is 6.00. The molecule has 4 aromatic rings. The van der Waals surface area contributed by atoms with Crippen molar-refractivity contribution in [3.63, 3.8) is 0 Å². The summed E-state index contributed by atoms with van der Waals surface area (Å²) < 4.78 is 33.0. The number of aromatic nitrogens is 1. The van der Waals surface area contributed by atoms with Gasteiger partial charge in [0.2, 0.25) is 0 Å². The maximum Gasteiger partial charge on any atom is 0.415 e. The lowest BCUT2D eigenvalue weighted by Gasteiger charge is -2.15. The summed E-state index contributed by atoms with van der Waals surface area (Å²) in [4.78, 5) is 31.2. The number of ether oxygens (including phenoxy) is 2. The maximum atomic E-state index is 12.6. The molecule has 2 atom stereocenters. The summed E-state index contributed by atoms with van der Waals surface area (Å²) in [5.74, 6) is 0. The zero-order valence-electron chi connectivity index (χ0n) is 21.1. The van der Waals surface area contributed by atoms with Crippen LogP contribution >= 0.6 is 11.3 Å². The van der Waals surface area contributed by atoms with Crippen LogP contribution in [0.15, 0.2) is 83.9 Å². The number of cyclic esters (lactones) is 1. The normalized spacial score (nSPS) is 15.7. The van der Waals surface area contributed by atoms with Gasteiger partial charge in [-0.15, -0.1) is 11.3 Å². The Morgan fingerprint density at radius 2 is 1.90 bits per heavy atom. The van der Waals surface area contributed by atoms with E-state index in [1.165, 1.54) is 22.3 Å². The van der Waals surface area contributed by atoms with Crippen molar-refractivity contribution in [3.8, 4) is 21.0 Å². The summed E-state index contributed by atoms with van der Waals surface area (Å²) in [6, 6.07) is 21.6. The molecule has 200 valence electrons. The van der Waals surface area contributed by atoms with Crippen LogP contribution in [0.2, 0.25) is 0 Å². The molecule has 0 spiro atoms. The van der Waals surface area contributed by atoms with E-state index in [0.717, 1.165) is 11.1 Å². The van der Waals surface area contributed by atoms with E-state index in [-0.39, 0.29) is 11.0 Å². The van der Waals surface area contributed by atoms with Crippen molar-refractivity contribution in [2.45, 2.75) is 31.0 Å². The quantitative estimate of drug-likeness (QED) is 0.240. The molecule has 0 aliphatic carbocycles. The third-order valence-electron chi connectivity index (χ3n) is 5.94. The SMILES string of the molecule is CC(C)OC(=O)Nc1ccc(-c2ncc(-c3ccc(N4CC(c5ccccc5)OC4=O)cc3S(=O)O)s2)cc1. The Labute approximate surface area is 231 Å². The van der Waals surface area contributed by atoms with Gasteiger partial charge in [-0.1, -0.05) is 36.4 Å². The second kappa shape index (κ2) is 11.4. The molecule has 0 radical (unpaired) electrons. The van der Waals surface area contributed by atoms with Gasteiger partial charge >= 0.3 is 12.2 Å². The molecule has 1 aliphatic rings. The molecule has 2 heterocycles.